The Balaban J connectivity index is 3.37. The molecular weight excluding hydrogens is 333 g/mol. The summed E-state index contributed by atoms with van der Waals surface area (Å²) in [4.78, 5) is -0.101. The Bertz CT molecular complexity index is 640. The Hall–Kier alpha value is -0.770. The van der Waals surface area contributed by atoms with E-state index in [1.165, 1.54) is 16.4 Å². The molecule has 0 aliphatic rings. The summed E-state index contributed by atoms with van der Waals surface area (Å²) in [6.45, 7) is 4.10. The molecule has 116 valence electrons. The summed E-state index contributed by atoms with van der Waals surface area (Å²) in [7, 11) is -3.74. The molecule has 0 saturated heterocycles. The minimum Gasteiger partial charge on any atom is -0.384 e. The van der Waals surface area contributed by atoms with Gasteiger partial charge >= 0.3 is 0 Å². The Morgan fingerprint density at radius 2 is 1.81 bits per heavy atom. The van der Waals surface area contributed by atoms with Crippen molar-refractivity contribution in [3.05, 3.63) is 27.7 Å². The van der Waals surface area contributed by atoms with E-state index in [0.717, 1.165) is 0 Å². The highest BCUT2D eigenvalue weighted by Gasteiger charge is 2.28. The molecule has 0 fully saturated rings. The fourth-order valence-electron chi connectivity index (χ4n) is 1.85. The molecule has 0 spiro atoms. The lowest BCUT2D eigenvalue weighted by molar-refractivity contribution is 0.350. The molecule has 0 atom stereocenters. The highest BCUT2D eigenvalue weighted by Crippen LogP contribution is 2.33. The number of benzene rings is 1. The van der Waals surface area contributed by atoms with Gasteiger partial charge in [-0.05, 0) is 18.6 Å². The second-order valence-corrected chi connectivity index (χ2v) is 6.91. The minimum atomic E-state index is -3.74. The first kappa shape index (κ1) is 18.3. The smallest absolute Gasteiger partial charge is 0.246 e. The van der Waals surface area contributed by atoms with Gasteiger partial charge in [-0.2, -0.15) is 4.31 Å². The highest BCUT2D eigenvalue weighted by atomic mass is 35.5. The molecule has 1 rings (SSSR count). The van der Waals surface area contributed by atoms with Crippen LogP contribution in [-0.4, -0.2) is 37.5 Å². The van der Waals surface area contributed by atoms with E-state index >= 15 is 0 Å². The van der Waals surface area contributed by atoms with Crippen LogP contribution in [0.2, 0.25) is 10.0 Å². The fraction of sp³-hybridized carbons (Fsp3) is 0.429. The second-order valence-electron chi connectivity index (χ2n) is 4.23. The summed E-state index contributed by atoms with van der Waals surface area (Å²) >= 11 is 12.2. The maximum Gasteiger partial charge on any atom is 0.246 e. The largest absolute Gasteiger partial charge is 0.384 e. The summed E-state index contributed by atoms with van der Waals surface area (Å²) in [5.41, 5.74) is 0.455. The molecule has 0 aliphatic carbocycles. The molecule has 7 heteroatoms. The topological polar surface area (TPSA) is 57.6 Å². The monoisotopic (exact) mass is 349 g/mol. The van der Waals surface area contributed by atoms with E-state index in [1.807, 2.05) is 6.92 Å². The average molecular weight is 350 g/mol. The van der Waals surface area contributed by atoms with Crippen LogP contribution in [0, 0.1) is 11.8 Å². The van der Waals surface area contributed by atoms with Crippen molar-refractivity contribution >= 4 is 33.2 Å². The van der Waals surface area contributed by atoms with Crippen molar-refractivity contribution in [2.45, 2.75) is 25.2 Å². The van der Waals surface area contributed by atoms with Crippen LogP contribution >= 0.6 is 23.2 Å². The normalized spacial score (nSPS) is 11.3. The van der Waals surface area contributed by atoms with E-state index in [2.05, 4.69) is 11.8 Å². The van der Waals surface area contributed by atoms with Gasteiger partial charge in [-0.3, -0.25) is 0 Å². The average Bonchev–Trinajstić information content (AvgIpc) is 2.41. The molecule has 1 aromatic carbocycles. The van der Waals surface area contributed by atoms with Crippen LogP contribution in [0.1, 0.15) is 25.8 Å². The zero-order valence-electron chi connectivity index (χ0n) is 11.9. The van der Waals surface area contributed by atoms with Gasteiger partial charge in [0.25, 0.3) is 0 Å². The molecule has 1 N–H and O–H groups in total. The SMILES string of the molecule is CCCN(CC)S(=O)(=O)c1c(Cl)cc(C#CCO)cc1Cl. The van der Waals surface area contributed by atoms with Gasteiger partial charge in [-0.25, -0.2) is 8.42 Å². The molecule has 0 unspecified atom stereocenters. The number of sulfonamides is 1. The van der Waals surface area contributed by atoms with Gasteiger partial charge in [0.05, 0.1) is 10.0 Å². The Morgan fingerprint density at radius 3 is 2.24 bits per heavy atom. The molecule has 0 heterocycles. The van der Waals surface area contributed by atoms with Gasteiger partial charge in [0, 0.05) is 18.7 Å². The van der Waals surface area contributed by atoms with Crippen molar-refractivity contribution in [1.29, 1.82) is 0 Å². The molecule has 0 amide bonds. The van der Waals surface area contributed by atoms with Crippen LogP contribution in [0.15, 0.2) is 17.0 Å². The minimum absolute atomic E-state index is 0.0271. The van der Waals surface area contributed by atoms with E-state index in [1.54, 1.807) is 6.92 Å². The zero-order chi connectivity index (χ0) is 16.0. The third-order valence-corrected chi connectivity index (χ3v) is 5.63. The van der Waals surface area contributed by atoms with Crippen molar-refractivity contribution in [2.75, 3.05) is 19.7 Å². The summed E-state index contributed by atoms with van der Waals surface area (Å²) in [6, 6.07) is 2.87. The third kappa shape index (κ3) is 4.35. The predicted molar refractivity (Wildman–Crippen MR) is 85.1 cm³/mol. The number of nitrogens with zero attached hydrogens (tertiary/aromatic N) is 1. The number of aliphatic hydroxyl groups excluding tert-OH is 1. The summed E-state index contributed by atoms with van der Waals surface area (Å²) < 4.78 is 26.5. The Kier molecular flexibility index (Phi) is 6.98. The predicted octanol–water partition coefficient (Wildman–Crippen LogP) is 2.76. The molecular formula is C14H17Cl2NO3S. The van der Waals surface area contributed by atoms with Gasteiger partial charge in [0.2, 0.25) is 10.0 Å². The molecule has 1 aromatic rings. The summed E-state index contributed by atoms with van der Waals surface area (Å²) in [5.74, 6) is 5.11. The molecule has 0 saturated carbocycles. The van der Waals surface area contributed by atoms with Gasteiger partial charge in [0.15, 0.2) is 0 Å². The highest BCUT2D eigenvalue weighted by molar-refractivity contribution is 7.89. The summed E-state index contributed by atoms with van der Waals surface area (Å²) in [5, 5.41) is 8.73. The number of aliphatic hydroxyl groups is 1. The van der Waals surface area contributed by atoms with Gasteiger partial charge in [-0.1, -0.05) is 48.9 Å². The van der Waals surface area contributed by atoms with Gasteiger partial charge in [0.1, 0.15) is 11.5 Å². The van der Waals surface area contributed by atoms with E-state index < -0.39 is 10.0 Å². The Morgan fingerprint density at radius 1 is 1.24 bits per heavy atom. The number of rotatable bonds is 5. The first-order valence-corrected chi connectivity index (χ1v) is 8.67. The Labute approximate surface area is 135 Å². The van der Waals surface area contributed by atoms with E-state index in [9.17, 15) is 8.42 Å². The maximum absolute atomic E-state index is 12.6. The molecule has 21 heavy (non-hydrogen) atoms. The first-order chi connectivity index (χ1) is 9.88. The van der Waals surface area contributed by atoms with E-state index in [-0.39, 0.29) is 21.5 Å². The second kappa shape index (κ2) is 8.02. The lowest BCUT2D eigenvalue weighted by atomic mass is 10.2. The van der Waals surface area contributed by atoms with E-state index in [4.69, 9.17) is 28.3 Å². The van der Waals surface area contributed by atoms with Crippen molar-refractivity contribution < 1.29 is 13.5 Å². The maximum atomic E-state index is 12.6. The lowest BCUT2D eigenvalue weighted by Crippen LogP contribution is -2.32. The first-order valence-electron chi connectivity index (χ1n) is 6.47. The van der Waals surface area contributed by atoms with Crippen LogP contribution in [0.25, 0.3) is 0 Å². The quantitative estimate of drug-likeness (QED) is 0.831. The van der Waals surface area contributed by atoms with Crippen LogP contribution in [0.3, 0.4) is 0 Å². The van der Waals surface area contributed by atoms with Gasteiger partial charge in [-0.15, -0.1) is 0 Å². The molecule has 0 bridgehead atoms. The van der Waals surface area contributed by atoms with E-state index in [0.29, 0.717) is 25.1 Å². The molecule has 0 radical (unpaired) electrons. The third-order valence-electron chi connectivity index (χ3n) is 2.73. The molecule has 0 aliphatic heterocycles. The fourth-order valence-corrected chi connectivity index (χ4v) is 4.55. The number of halogens is 2. The van der Waals surface area contributed by atoms with Crippen LogP contribution < -0.4 is 0 Å². The van der Waals surface area contributed by atoms with Gasteiger partial charge < -0.3 is 5.11 Å². The van der Waals surface area contributed by atoms with Crippen molar-refractivity contribution in [2.24, 2.45) is 0 Å². The number of hydrogen-bond acceptors (Lipinski definition) is 3. The van der Waals surface area contributed by atoms with Crippen molar-refractivity contribution in [3.63, 3.8) is 0 Å². The zero-order valence-corrected chi connectivity index (χ0v) is 14.2. The van der Waals surface area contributed by atoms with Crippen LogP contribution in [-0.2, 0) is 10.0 Å². The standard InChI is InChI=1S/C14H17Cl2NO3S/c1-3-7-17(4-2)21(19,20)14-12(15)9-11(6-5-8-18)10-13(14)16/h9-10,18H,3-4,7-8H2,1-2H3. The van der Waals surface area contributed by atoms with Crippen molar-refractivity contribution in [1.82, 2.24) is 4.31 Å². The number of hydrogen-bond donors (Lipinski definition) is 1. The summed E-state index contributed by atoms with van der Waals surface area (Å²) in [6.07, 6.45) is 0.697. The lowest BCUT2D eigenvalue weighted by Gasteiger charge is -2.21. The van der Waals surface area contributed by atoms with Crippen molar-refractivity contribution in [3.8, 4) is 11.8 Å². The van der Waals surface area contributed by atoms with Crippen LogP contribution in [0.5, 0.6) is 0 Å². The molecule has 0 aromatic heterocycles. The van der Waals surface area contributed by atoms with Crippen LogP contribution in [0.4, 0.5) is 0 Å². The molecule has 4 nitrogen and oxygen atoms in total.